The molecule has 0 radical (unpaired) electrons. The van der Waals surface area contributed by atoms with Crippen molar-refractivity contribution in [2.75, 3.05) is 13.1 Å². The second-order valence-corrected chi connectivity index (χ2v) is 5.66. The zero-order chi connectivity index (χ0) is 17.5. The average molecular weight is 339 g/mol. The van der Waals surface area contributed by atoms with Crippen LogP contribution in [0.3, 0.4) is 0 Å². The van der Waals surface area contributed by atoms with Crippen LogP contribution in [0.1, 0.15) is 28.6 Å². The number of rotatable bonds is 8. The van der Waals surface area contributed by atoms with Crippen LogP contribution in [-0.2, 0) is 6.54 Å². The van der Waals surface area contributed by atoms with Crippen molar-refractivity contribution in [1.82, 2.24) is 25.8 Å². The van der Waals surface area contributed by atoms with Crippen molar-refractivity contribution in [3.8, 4) is 11.3 Å². The summed E-state index contributed by atoms with van der Waals surface area (Å²) in [5.74, 6) is 1.30. The van der Waals surface area contributed by atoms with Gasteiger partial charge in [-0.15, -0.1) is 0 Å². The number of aromatic amines is 1. The van der Waals surface area contributed by atoms with E-state index in [0.29, 0.717) is 24.7 Å². The molecule has 0 aliphatic rings. The Hall–Kier alpha value is -2.93. The molecule has 7 heteroatoms. The van der Waals surface area contributed by atoms with Crippen molar-refractivity contribution in [3.05, 3.63) is 59.9 Å². The molecule has 130 valence electrons. The number of oxazole rings is 1. The molecule has 1 aromatic carbocycles. The molecule has 0 saturated carbocycles. The number of carbonyl (C=O) groups is 1. The topological polar surface area (TPSA) is 95.8 Å². The van der Waals surface area contributed by atoms with E-state index in [1.54, 1.807) is 12.3 Å². The molecule has 0 fully saturated rings. The van der Waals surface area contributed by atoms with Gasteiger partial charge in [0.15, 0.2) is 11.6 Å². The summed E-state index contributed by atoms with van der Waals surface area (Å²) in [5.41, 5.74) is 2.22. The number of amides is 1. The Morgan fingerprint density at radius 2 is 2.08 bits per heavy atom. The minimum atomic E-state index is -0.177. The number of carbonyl (C=O) groups excluding carboxylic acids is 1. The number of benzene rings is 1. The smallest absolute Gasteiger partial charge is 0.271 e. The van der Waals surface area contributed by atoms with Crippen LogP contribution in [0.4, 0.5) is 0 Å². The van der Waals surface area contributed by atoms with E-state index in [0.717, 1.165) is 30.0 Å². The Labute approximate surface area is 145 Å². The van der Waals surface area contributed by atoms with Crippen LogP contribution in [0.25, 0.3) is 11.3 Å². The van der Waals surface area contributed by atoms with Crippen molar-refractivity contribution in [1.29, 1.82) is 0 Å². The summed E-state index contributed by atoms with van der Waals surface area (Å²) >= 11 is 0. The van der Waals surface area contributed by atoms with Crippen LogP contribution in [0.5, 0.6) is 0 Å². The minimum absolute atomic E-state index is 0.177. The van der Waals surface area contributed by atoms with Crippen molar-refractivity contribution >= 4 is 5.91 Å². The van der Waals surface area contributed by atoms with E-state index in [4.69, 9.17) is 4.42 Å². The van der Waals surface area contributed by atoms with E-state index < -0.39 is 0 Å². The first-order chi connectivity index (χ1) is 12.2. The molecule has 3 N–H and O–H groups in total. The summed E-state index contributed by atoms with van der Waals surface area (Å²) in [6.45, 7) is 3.80. The molecule has 0 unspecified atom stereocenters. The summed E-state index contributed by atoms with van der Waals surface area (Å²) in [6, 6.07) is 11.5. The predicted molar refractivity (Wildman–Crippen MR) is 93.9 cm³/mol. The molecule has 0 spiro atoms. The van der Waals surface area contributed by atoms with Gasteiger partial charge in [-0.1, -0.05) is 30.3 Å². The summed E-state index contributed by atoms with van der Waals surface area (Å²) in [4.78, 5) is 16.1. The molecule has 2 aromatic heterocycles. The lowest BCUT2D eigenvalue weighted by molar-refractivity contribution is 0.0948. The number of aryl methyl sites for hydroxylation is 1. The lowest BCUT2D eigenvalue weighted by Gasteiger charge is -2.04. The van der Waals surface area contributed by atoms with Crippen molar-refractivity contribution in [2.24, 2.45) is 0 Å². The van der Waals surface area contributed by atoms with Gasteiger partial charge < -0.3 is 15.1 Å². The first kappa shape index (κ1) is 16.9. The van der Waals surface area contributed by atoms with Gasteiger partial charge in [0.1, 0.15) is 5.76 Å². The van der Waals surface area contributed by atoms with Crippen LogP contribution < -0.4 is 10.6 Å². The monoisotopic (exact) mass is 339 g/mol. The van der Waals surface area contributed by atoms with E-state index in [9.17, 15) is 4.79 Å². The first-order valence-corrected chi connectivity index (χ1v) is 8.23. The Kier molecular flexibility index (Phi) is 5.58. The Balaban J connectivity index is 1.37. The van der Waals surface area contributed by atoms with Gasteiger partial charge in [0.05, 0.1) is 18.4 Å². The van der Waals surface area contributed by atoms with Crippen molar-refractivity contribution < 1.29 is 9.21 Å². The van der Waals surface area contributed by atoms with E-state index in [2.05, 4.69) is 25.8 Å². The molecule has 0 atom stereocenters. The molecule has 0 bridgehead atoms. The quantitative estimate of drug-likeness (QED) is 0.547. The Morgan fingerprint density at radius 1 is 1.24 bits per heavy atom. The maximum absolute atomic E-state index is 12.1. The van der Waals surface area contributed by atoms with Crippen LogP contribution in [0.15, 0.2) is 47.0 Å². The van der Waals surface area contributed by atoms with E-state index in [-0.39, 0.29) is 5.91 Å². The highest BCUT2D eigenvalue weighted by Gasteiger charge is 2.10. The third-order valence-electron chi connectivity index (χ3n) is 3.68. The fourth-order valence-electron chi connectivity index (χ4n) is 2.41. The second-order valence-electron chi connectivity index (χ2n) is 5.66. The zero-order valence-corrected chi connectivity index (χ0v) is 14.1. The number of hydrogen-bond donors (Lipinski definition) is 3. The fourth-order valence-corrected chi connectivity index (χ4v) is 2.41. The third-order valence-corrected chi connectivity index (χ3v) is 3.68. The lowest BCUT2D eigenvalue weighted by Crippen LogP contribution is -2.27. The van der Waals surface area contributed by atoms with E-state index >= 15 is 0 Å². The van der Waals surface area contributed by atoms with Crippen LogP contribution >= 0.6 is 0 Å². The van der Waals surface area contributed by atoms with Crippen LogP contribution in [0.2, 0.25) is 0 Å². The van der Waals surface area contributed by atoms with Gasteiger partial charge >= 0.3 is 0 Å². The third kappa shape index (κ3) is 4.77. The van der Waals surface area contributed by atoms with Crippen molar-refractivity contribution in [2.45, 2.75) is 19.9 Å². The first-order valence-electron chi connectivity index (χ1n) is 8.23. The number of nitrogens with one attached hydrogen (secondary N) is 3. The minimum Gasteiger partial charge on any atom is -0.445 e. The van der Waals surface area contributed by atoms with Gasteiger partial charge in [-0.2, -0.15) is 5.10 Å². The lowest BCUT2D eigenvalue weighted by atomic mass is 10.1. The fraction of sp³-hybridized carbons (Fsp3) is 0.278. The molecule has 25 heavy (non-hydrogen) atoms. The average Bonchev–Trinajstić information content (AvgIpc) is 3.28. The summed E-state index contributed by atoms with van der Waals surface area (Å²) in [5, 5.41) is 13.1. The SMILES string of the molecule is Cc1ncc(CNCCCNC(=O)c2cc(-c3ccccc3)[nH]n2)o1. The van der Waals surface area contributed by atoms with Gasteiger partial charge in [0.25, 0.3) is 5.91 Å². The van der Waals surface area contributed by atoms with E-state index in [1.165, 1.54) is 0 Å². The molecular weight excluding hydrogens is 318 g/mol. The highest BCUT2D eigenvalue weighted by atomic mass is 16.4. The number of hydrogen-bond acceptors (Lipinski definition) is 5. The maximum atomic E-state index is 12.1. The van der Waals surface area contributed by atoms with Crippen LogP contribution in [0, 0.1) is 6.92 Å². The molecule has 3 rings (SSSR count). The maximum Gasteiger partial charge on any atom is 0.271 e. The molecule has 7 nitrogen and oxygen atoms in total. The van der Waals surface area contributed by atoms with E-state index in [1.807, 2.05) is 37.3 Å². The normalized spacial score (nSPS) is 10.8. The molecule has 0 aliphatic carbocycles. The van der Waals surface area contributed by atoms with Gasteiger partial charge in [-0.3, -0.25) is 9.89 Å². The summed E-state index contributed by atoms with van der Waals surface area (Å²) in [7, 11) is 0. The number of nitrogens with zero attached hydrogens (tertiary/aromatic N) is 2. The number of aromatic nitrogens is 3. The molecule has 0 saturated heterocycles. The molecule has 0 aliphatic heterocycles. The standard InChI is InChI=1S/C18H21N5O2/c1-13-21-12-15(25-13)11-19-8-5-9-20-18(24)17-10-16(22-23-17)14-6-3-2-4-7-14/h2-4,6-7,10,12,19H,5,8-9,11H2,1H3,(H,20,24)(H,22,23). The van der Waals surface area contributed by atoms with Crippen LogP contribution in [-0.4, -0.2) is 34.2 Å². The van der Waals surface area contributed by atoms with Gasteiger partial charge in [0.2, 0.25) is 0 Å². The zero-order valence-electron chi connectivity index (χ0n) is 14.1. The predicted octanol–water partition coefficient (Wildman–Crippen LogP) is 2.28. The summed E-state index contributed by atoms with van der Waals surface area (Å²) < 4.78 is 5.37. The second kappa shape index (κ2) is 8.25. The van der Waals surface area contributed by atoms with Crippen molar-refractivity contribution in [3.63, 3.8) is 0 Å². The highest BCUT2D eigenvalue weighted by Crippen LogP contribution is 2.16. The molecular formula is C18H21N5O2. The Morgan fingerprint density at radius 3 is 2.84 bits per heavy atom. The van der Waals surface area contributed by atoms with Gasteiger partial charge in [0, 0.05) is 13.5 Å². The molecule has 3 aromatic rings. The summed E-state index contributed by atoms with van der Waals surface area (Å²) in [6.07, 6.45) is 2.53. The number of H-pyrrole nitrogens is 1. The molecule has 2 heterocycles. The largest absolute Gasteiger partial charge is 0.445 e. The molecule has 1 amide bonds. The highest BCUT2D eigenvalue weighted by molar-refractivity contribution is 5.93. The van der Waals surface area contributed by atoms with Gasteiger partial charge in [-0.25, -0.2) is 4.98 Å². The Bertz CT molecular complexity index is 810. The van der Waals surface area contributed by atoms with Gasteiger partial charge in [-0.05, 0) is 24.6 Å².